The van der Waals surface area contributed by atoms with Gasteiger partial charge in [-0.3, -0.25) is 0 Å². The van der Waals surface area contributed by atoms with E-state index in [0.717, 1.165) is 68.8 Å². The van der Waals surface area contributed by atoms with Crippen molar-refractivity contribution in [2.45, 2.75) is 50.6 Å². The molecule has 6 aromatic carbocycles. The Morgan fingerprint density at radius 1 is 0.583 bits per heavy atom. The third kappa shape index (κ3) is 12.4. The Kier molecular flexibility index (Phi) is 16.2. The number of anilines is 1. The molecule has 10 nitrogen and oxygen atoms in total. The number of nitrogens with zero attached hydrogens (tertiary/aromatic N) is 5. The molecule has 2 saturated heterocycles. The molecular weight excluding hydrogens is 951 g/mol. The van der Waals surface area contributed by atoms with Crippen molar-refractivity contribution in [1.29, 1.82) is 0 Å². The van der Waals surface area contributed by atoms with Gasteiger partial charge in [0.25, 0.3) is 0 Å². The molecule has 10 rings (SSSR count). The molecule has 0 bridgehead atoms. The van der Waals surface area contributed by atoms with Crippen LogP contribution in [0.5, 0.6) is 0 Å². The van der Waals surface area contributed by atoms with Crippen molar-refractivity contribution < 1.29 is 41.0 Å². The minimum atomic E-state index is -4.23. The average molecular weight is 1000 g/mol. The third-order valence-electron chi connectivity index (χ3n) is 12.7. The van der Waals surface area contributed by atoms with Gasteiger partial charge in [-0.15, -0.1) is 0 Å². The van der Waals surface area contributed by atoms with Crippen LogP contribution in [0.15, 0.2) is 133 Å². The summed E-state index contributed by atoms with van der Waals surface area (Å²) in [4.78, 5) is 44.4. The van der Waals surface area contributed by atoms with Crippen molar-refractivity contribution in [3.8, 4) is 22.5 Å². The lowest BCUT2D eigenvalue weighted by Crippen LogP contribution is -2.34. The average Bonchev–Trinajstić information content (AvgIpc) is 3.41. The maximum atomic E-state index is 13.6. The van der Waals surface area contributed by atoms with Gasteiger partial charge in [-0.2, -0.15) is 13.2 Å². The molecular formula is C56H50ClF5N6O4. The number of nitrogens with one attached hydrogen (secondary N) is 1. The van der Waals surface area contributed by atoms with E-state index in [0.29, 0.717) is 62.0 Å². The van der Waals surface area contributed by atoms with Gasteiger partial charge in [-0.25, -0.2) is 38.3 Å². The molecule has 0 spiro atoms. The highest BCUT2D eigenvalue weighted by molar-refractivity contribution is 6.32. The Labute approximate surface area is 418 Å². The summed E-state index contributed by atoms with van der Waals surface area (Å²) in [5, 5.41) is 3.45. The minimum Gasteiger partial charge on any atom is -0.465 e. The largest absolute Gasteiger partial charge is 0.465 e. The summed E-state index contributed by atoms with van der Waals surface area (Å²) in [6.07, 6.45) is -0.177. The van der Waals surface area contributed by atoms with Crippen LogP contribution in [0.3, 0.4) is 0 Å². The number of esters is 2. The van der Waals surface area contributed by atoms with Gasteiger partial charge < -0.3 is 19.7 Å². The van der Waals surface area contributed by atoms with Crippen molar-refractivity contribution in [1.82, 2.24) is 25.3 Å². The Hall–Kier alpha value is -7.36. The maximum absolute atomic E-state index is 13.6. The number of aryl methyl sites for hydroxylation is 1. The van der Waals surface area contributed by atoms with E-state index in [2.05, 4.69) is 56.1 Å². The molecule has 1 N–H and O–H groups in total. The van der Waals surface area contributed by atoms with E-state index in [1.807, 2.05) is 0 Å². The van der Waals surface area contributed by atoms with Crippen LogP contribution in [0.1, 0.15) is 80.5 Å². The number of piperidine rings is 2. The Morgan fingerprint density at radius 2 is 1.04 bits per heavy atom. The molecule has 370 valence electrons. The van der Waals surface area contributed by atoms with Crippen molar-refractivity contribution >= 4 is 51.4 Å². The highest BCUT2D eigenvalue weighted by Gasteiger charge is 2.30. The zero-order chi connectivity index (χ0) is 50.9. The van der Waals surface area contributed by atoms with Gasteiger partial charge in [0.15, 0.2) is 11.0 Å². The number of aromatic nitrogens is 4. The molecule has 0 atom stereocenters. The van der Waals surface area contributed by atoms with Gasteiger partial charge in [0.2, 0.25) is 0 Å². The zero-order valence-electron chi connectivity index (χ0n) is 39.7. The van der Waals surface area contributed by atoms with Crippen LogP contribution in [0, 0.1) is 18.6 Å². The van der Waals surface area contributed by atoms with E-state index in [9.17, 15) is 31.5 Å². The molecule has 72 heavy (non-hydrogen) atoms. The van der Waals surface area contributed by atoms with Crippen LogP contribution < -0.4 is 10.2 Å². The lowest BCUT2D eigenvalue weighted by Gasteiger charge is -2.34. The van der Waals surface area contributed by atoms with Gasteiger partial charge in [0, 0.05) is 24.2 Å². The number of fused-ring (bicyclic) bond motifs is 2. The quantitative estimate of drug-likeness (QED) is 0.122. The van der Waals surface area contributed by atoms with Gasteiger partial charge in [0.1, 0.15) is 23.0 Å². The number of ether oxygens (including phenoxy) is 2. The van der Waals surface area contributed by atoms with Crippen molar-refractivity contribution in [2.24, 2.45) is 0 Å². The minimum absolute atomic E-state index is 0.213. The van der Waals surface area contributed by atoms with Crippen molar-refractivity contribution in [3.05, 3.63) is 184 Å². The number of methoxy groups -OCH3 is 2. The number of carbonyl (C=O) groups is 2. The number of alkyl halides is 3. The monoisotopic (exact) mass is 1000 g/mol. The number of hydrogen-bond donors (Lipinski definition) is 1. The molecule has 4 heterocycles. The van der Waals surface area contributed by atoms with E-state index in [1.165, 1.54) is 61.7 Å². The Bertz CT molecular complexity index is 3160. The third-order valence-corrected chi connectivity index (χ3v) is 13.0. The first-order chi connectivity index (χ1) is 34.7. The normalized spacial score (nSPS) is 14.2. The second-order valence-corrected chi connectivity index (χ2v) is 17.8. The van der Waals surface area contributed by atoms with Gasteiger partial charge in [-0.1, -0.05) is 53.6 Å². The van der Waals surface area contributed by atoms with Crippen LogP contribution in [-0.4, -0.2) is 72.3 Å². The predicted octanol–water partition coefficient (Wildman–Crippen LogP) is 13.0. The fourth-order valence-corrected chi connectivity index (χ4v) is 8.99. The Morgan fingerprint density at radius 3 is 1.54 bits per heavy atom. The van der Waals surface area contributed by atoms with Crippen LogP contribution in [0.4, 0.5) is 27.8 Å². The molecule has 2 aliphatic rings. The first-order valence-electron chi connectivity index (χ1n) is 23.3. The fourth-order valence-electron chi connectivity index (χ4n) is 8.74. The van der Waals surface area contributed by atoms with Crippen LogP contribution in [0.2, 0.25) is 5.15 Å². The summed E-state index contributed by atoms with van der Waals surface area (Å²) in [5.41, 5.74) is 8.80. The maximum Gasteiger partial charge on any atom is 0.416 e. The van der Waals surface area contributed by atoms with E-state index >= 15 is 0 Å². The first kappa shape index (κ1) is 51.0. The molecule has 0 unspecified atom stereocenters. The van der Waals surface area contributed by atoms with Crippen molar-refractivity contribution in [2.75, 3.05) is 45.3 Å². The van der Waals surface area contributed by atoms with Crippen molar-refractivity contribution in [3.63, 3.8) is 0 Å². The number of rotatable bonds is 7. The molecule has 0 aliphatic carbocycles. The predicted molar refractivity (Wildman–Crippen MR) is 269 cm³/mol. The summed E-state index contributed by atoms with van der Waals surface area (Å²) in [5.74, 6) is 0.182. The SMILES string of the molecule is COC(=O)c1ccc2nc(Cl)c(-c3ccc(F)cc3)nc2c1.COC(=O)c1ccc2nc(N3CCC(c4ccc(C)cc4)CC3)c(-c3ccc(F)cc3)nc2c1.FC(F)(F)c1ccc(C2CCNCC2)cc1. The molecule has 16 heteroatoms. The van der Waals surface area contributed by atoms with Gasteiger partial charge in [0.05, 0.1) is 53.0 Å². The fraction of sp³-hybridized carbons (Fsp3) is 0.250. The number of benzene rings is 6. The van der Waals surface area contributed by atoms with Gasteiger partial charge in [-0.05, 0) is 166 Å². The highest BCUT2D eigenvalue weighted by Crippen LogP contribution is 2.36. The molecule has 8 aromatic rings. The second kappa shape index (κ2) is 22.8. The number of halogens is 6. The molecule has 2 fully saturated rings. The van der Waals surface area contributed by atoms with Gasteiger partial charge >= 0.3 is 18.1 Å². The molecule has 0 radical (unpaired) electrons. The molecule has 2 aliphatic heterocycles. The lowest BCUT2D eigenvalue weighted by atomic mass is 9.89. The van der Waals surface area contributed by atoms with E-state index in [-0.39, 0.29) is 16.8 Å². The van der Waals surface area contributed by atoms with Crippen LogP contribution in [-0.2, 0) is 15.7 Å². The lowest BCUT2D eigenvalue weighted by molar-refractivity contribution is -0.137. The summed E-state index contributed by atoms with van der Waals surface area (Å²) < 4.78 is 73.2. The standard InChI is InChI=1S/C28H26FN3O2.C16H10ClFN2O2.C12H14F3N/c1-18-3-5-19(6-4-18)20-13-15-32(16-14-20)27-26(21-7-10-23(29)11-8-21)30-25-17-22(28(33)34-2)9-12-24(25)31-27;1-22-16(21)10-4-7-12-13(8-10)19-14(15(17)20-12)9-2-5-11(18)6-3-9;13-12(14,15)11-3-1-9(2-4-11)10-5-7-16-8-6-10/h3-12,17,20H,13-16H2,1-2H3;2-8H,1H3;1-4,10,16H,5-8H2. The smallest absolute Gasteiger partial charge is 0.416 e. The second-order valence-electron chi connectivity index (χ2n) is 17.5. The topological polar surface area (TPSA) is 119 Å². The summed E-state index contributed by atoms with van der Waals surface area (Å²) >= 11 is 6.15. The number of hydrogen-bond acceptors (Lipinski definition) is 10. The van der Waals surface area contributed by atoms with Crippen LogP contribution >= 0.6 is 11.6 Å². The summed E-state index contributed by atoms with van der Waals surface area (Å²) in [6.45, 7) is 5.72. The van der Waals surface area contributed by atoms with Crippen LogP contribution in [0.25, 0.3) is 44.6 Å². The number of carbonyl (C=O) groups excluding carboxylic acids is 2. The molecule has 0 amide bonds. The molecule has 2 aromatic heterocycles. The zero-order valence-corrected chi connectivity index (χ0v) is 40.4. The summed E-state index contributed by atoms with van der Waals surface area (Å²) in [6, 6.07) is 36.5. The highest BCUT2D eigenvalue weighted by atomic mass is 35.5. The summed E-state index contributed by atoms with van der Waals surface area (Å²) in [7, 11) is 2.66. The molecule has 0 saturated carbocycles. The van der Waals surface area contributed by atoms with E-state index in [4.69, 9.17) is 26.3 Å². The Balaban J connectivity index is 0.000000157. The van der Waals surface area contributed by atoms with E-state index < -0.39 is 23.7 Å². The van der Waals surface area contributed by atoms with E-state index in [1.54, 1.807) is 72.8 Å². The first-order valence-corrected chi connectivity index (χ1v) is 23.7.